The van der Waals surface area contributed by atoms with E-state index in [0.717, 1.165) is 24.3 Å². The van der Waals surface area contributed by atoms with Crippen molar-refractivity contribution in [2.24, 2.45) is 11.8 Å². The lowest BCUT2D eigenvalue weighted by Gasteiger charge is -2.40. The van der Waals surface area contributed by atoms with E-state index < -0.39 is 35.1 Å². The van der Waals surface area contributed by atoms with Crippen molar-refractivity contribution in [3.8, 4) is 0 Å². The van der Waals surface area contributed by atoms with Crippen molar-refractivity contribution in [3.63, 3.8) is 0 Å². The maximum Gasteiger partial charge on any atom is 0.253 e. The van der Waals surface area contributed by atoms with Crippen molar-refractivity contribution in [2.45, 2.75) is 50.5 Å². The molecule has 44 heavy (non-hydrogen) atoms. The zero-order chi connectivity index (χ0) is 31.2. The molecule has 1 spiro atoms. The zero-order valence-electron chi connectivity index (χ0n) is 25.9. The Labute approximate surface area is 259 Å². The molecular formula is C35H42N4O5. The molecule has 0 saturated carbocycles. The van der Waals surface area contributed by atoms with Crippen molar-refractivity contribution >= 4 is 29.1 Å². The third-order valence-corrected chi connectivity index (χ3v) is 9.90. The Balaban J connectivity index is 1.46. The monoisotopic (exact) mass is 598 g/mol. The van der Waals surface area contributed by atoms with Crippen LogP contribution < -0.4 is 9.80 Å². The molecule has 4 aliphatic heterocycles. The number of likely N-dealkylation sites (N-methyl/N-ethyl adjacent to an activating group) is 1. The Bertz CT molecular complexity index is 1470. The quantitative estimate of drug-likeness (QED) is 0.470. The first-order valence-electron chi connectivity index (χ1n) is 15.6. The second kappa shape index (κ2) is 11.5. The number of carbonyl (C=O) groups is 3. The summed E-state index contributed by atoms with van der Waals surface area (Å²) in [6, 6.07) is 15.8. The number of fused-ring (bicyclic) bond motifs is 2. The van der Waals surface area contributed by atoms with E-state index in [2.05, 4.69) is 18.7 Å². The molecule has 4 heterocycles. The third-order valence-electron chi connectivity index (χ3n) is 9.90. The van der Waals surface area contributed by atoms with Crippen molar-refractivity contribution in [3.05, 3.63) is 84.5 Å². The summed E-state index contributed by atoms with van der Waals surface area (Å²) in [5.41, 5.74) is 0.249. The highest BCUT2D eigenvalue weighted by atomic mass is 16.5. The van der Waals surface area contributed by atoms with E-state index in [9.17, 15) is 19.5 Å². The van der Waals surface area contributed by atoms with Crippen LogP contribution in [0.15, 0.2) is 78.9 Å². The lowest BCUT2D eigenvalue weighted by Crippen LogP contribution is -2.59. The zero-order valence-corrected chi connectivity index (χ0v) is 25.9. The van der Waals surface area contributed by atoms with Crippen molar-refractivity contribution in [2.75, 3.05) is 49.6 Å². The van der Waals surface area contributed by atoms with Gasteiger partial charge in [0.25, 0.3) is 5.91 Å². The average Bonchev–Trinajstić information content (AvgIpc) is 3.31. The molecule has 6 rings (SSSR count). The predicted molar refractivity (Wildman–Crippen MR) is 169 cm³/mol. The number of carbonyl (C=O) groups excluding carboxylic acids is 3. The smallest absolute Gasteiger partial charge is 0.253 e. The van der Waals surface area contributed by atoms with Gasteiger partial charge in [-0.3, -0.25) is 14.4 Å². The highest BCUT2D eigenvalue weighted by Gasteiger charge is 2.75. The van der Waals surface area contributed by atoms with Crippen LogP contribution in [0, 0.1) is 11.8 Å². The van der Waals surface area contributed by atoms with Gasteiger partial charge in [-0.05, 0) is 57.0 Å². The van der Waals surface area contributed by atoms with Gasteiger partial charge in [0.1, 0.15) is 11.6 Å². The molecular weight excluding hydrogens is 556 g/mol. The van der Waals surface area contributed by atoms with E-state index >= 15 is 0 Å². The fraction of sp³-hybridized carbons (Fsp3) is 0.457. The third kappa shape index (κ3) is 4.64. The maximum absolute atomic E-state index is 14.9. The highest BCUT2D eigenvalue weighted by molar-refractivity contribution is 6.06. The lowest BCUT2D eigenvalue weighted by atomic mass is 9.74. The van der Waals surface area contributed by atoms with Crippen molar-refractivity contribution < 1.29 is 24.2 Å². The number of rotatable bonds is 8. The Morgan fingerprint density at radius 2 is 1.59 bits per heavy atom. The summed E-state index contributed by atoms with van der Waals surface area (Å²) in [7, 11) is 1.72. The average molecular weight is 599 g/mol. The molecule has 0 aliphatic carbocycles. The lowest BCUT2D eigenvalue weighted by molar-refractivity contribution is -0.150. The van der Waals surface area contributed by atoms with E-state index in [4.69, 9.17) is 4.74 Å². The minimum Gasteiger partial charge on any atom is -0.394 e. The fourth-order valence-electron chi connectivity index (χ4n) is 7.78. The number of hydrogen-bond acceptors (Lipinski definition) is 6. The summed E-state index contributed by atoms with van der Waals surface area (Å²) < 4.78 is 6.91. The van der Waals surface area contributed by atoms with Crippen LogP contribution in [0.5, 0.6) is 0 Å². The van der Waals surface area contributed by atoms with Crippen LogP contribution in [0.25, 0.3) is 0 Å². The molecule has 9 nitrogen and oxygen atoms in total. The molecule has 9 heteroatoms. The van der Waals surface area contributed by atoms with Crippen LogP contribution >= 0.6 is 0 Å². The molecule has 232 valence electrons. The second-order valence-electron chi connectivity index (χ2n) is 12.4. The number of nitrogens with zero attached hydrogens (tertiary/aromatic N) is 4. The van der Waals surface area contributed by atoms with Crippen LogP contribution in [0.4, 0.5) is 11.4 Å². The molecule has 0 aromatic heterocycles. The van der Waals surface area contributed by atoms with Gasteiger partial charge in [-0.15, -0.1) is 0 Å². The Hall–Kier alpha value is -3.95. The van der Waals surface area contributed by atoms with Gasteiger partial charge in [0.2, 0.25) is 11.8 Å². The summed E-state index contributed by atoms with van der Waals surface area (Å²) in [5, 5.41) is 10.7. The fourth-order valence-corrected chi connectivity index (χ4v) is 7.78. The van der Waals surface area contributed by atoms with E-state index in [-0.39, 0.29) is 30.9 Å². The number of anilines is 2. The maximum atomic E-state index is 14.9. The second-order valence-corrected chi connectivity index (χ2v) is 12.4. The van der Waals surface area contributed by atoms with Gasteiger partial charge in [-0.1, -0.05) is 54.6 Å². The molecule has 1 unspecified atom stereocenters. The van der Waals surface area contributed by atoms with Gasteiger partial charge in [0.15, 0.2) is 0 Å². The highest BCUT2D eigenvalue weighted by Crippen LogP contribution is 2.58. The summed E-state index contributed by atoms with van der Waals surface area (Å²) >= 11 is 0. The first-order chi connectivity index (χ1) is 21.2. The molecule has 0 bridgehead atoms. The van der Waals surface area contributed by atoms with Gasteiger partial charge < -0.3 is 29.4 Å². The largest absolute Gasteiger partial charge is 0.394 e. The van der Waals surface area contributed by atoms with Crippen LogP contribution in [0.3, 0.4) is 0 Å². The number of aliphatic hydroxyl groups is 1. The number of ether oxygens (including phenoxy) is 1. The predicted octanol–water partition coefficient (Wildman–Crippen LogP) is 3.04. The van der Waals surface area contributed by atoms with Gasteiger partial charge in [-0.2, -0.15) is 0 Å². The molecule has 3 amide bonds. The molecule has 0 radical (unpaired) electrons. The number of benzene rings is 2. The summed E-state index contributed by atoms with van der Waals surface area (Å²) in [6.45, 7) is 8.14. The van der Waals surface area contributed by atoms with Crippen LogP contribution in [0.1, 0.15) is 26.3 Å². The van der Waals surface area contributed by atoms with Gasteiger partial charge in [0.05, 0.1) is 30.1 Å². The Kier molecular flexibility index (Phi) is 7.88. The molecule has 2 saturated heterocycles. The van der Waals surface area contributed by atoms with Gasteiger partial charge in [0, 0.05) is 44.6 Å². The summed E-state index contributed by atoms with van der Waals surface area (Å²) in [6.07, 6.45) is 7.86. The first-order valence-corrected chi connectivity index (χ1v) is 15.6. The van der Waals surface area contributed by atoms with Crippen LogP contribution in [-0.4, -0.2) is 95.7 Å². The molecule has 1 N–H and O–H groups in total. The normalized spacial score (nSPS) is 30.2. The minimum absolute atomic E-state index is 0.189. The van der Waals surface area contributed by atoms with E-state index in [1.165, 1.54) is 4.90 Å². The SMILES string of the molecule is CCN(CC)c1ccc(N2CC=C[C@]34O[C@]5(C)C=CCN(C)C(=O)[C@@H]5[C@H]3C(=O)N([C@@H](CO)Cc3ccccc3)C4C2=O)cc1. The van der Waals surface area contributed by atoms with E-state index in [0.29, 0.717) is 18.7 Å². The summed E-state index contributed by atoms with van der Waals surface area (Å²) in [5.74, 6) is -2.57. The number of aliphatic hydroxyl groups excluding tert-OH is 1. The molecule has 4 aliphatic rings. The van der Waals surface area contributed by atoms with Crippen LogP contribution in [-0.2, 0) is 25.5 Å². The number of hydrogen-bond donors (Lipinski definition) is 1. The van der Waals surface area contributed by atoms with E-state index in [1.54, 1.807) is 16.8 Å². The van der Waals surface area contributed by atoms with Gasteiger partial charge in [-0.25, -0.2) is 0 Å². The Morgan fingerprint density at radius 3 is 2.25 bits per heavy atom. The number of likely N-dealkylation sites (tertiary alicyclic amines) is 1. The Morgan fingerprint density at radius 1 is 0.909 bits per heavy atom. The molecule has 2 fully saturated rings. The van der Waals surface area contributed by atoms with Crippen molar-refractivity contribution in [1.82, 2.24) is 9.80 Å². The number of amides is 3. The van der Waals surface area contributed by atoms with Crippen molar-refractivity contribution in [1.29, 1.82) is 0 Å². The summed E-state index contributed by atoms with van der Waals surface area (Å²) in [4.78, 5) is 50.5. The van der Waals surface area contributed by atoms with E-state index in [1.807, 2.05) is 85.8 Å². The van der Waals surface area contributed by atoms with Crippen LogP contribution in [0.2, 0.25) is 0 Å². The molecule has 6 atom stereocenters. The molecule has 2 aromatic rings. The standard InChI is InChI=1S/C35H42N4O5/c1-5-37(6-2)25-14-16-26(17-15-25)38-21-11-19-35-29(28-31(41)36(4)20-10-18-34(28,3)44-35)32(42)39(30(35)33(38)43)27(23-40)22-24-12-8-7-9-13-24/h7-19,27-30,40H,5-6,20-23H2,1-4H3/t27-,28+,29+,30?,34-,35+/m1/s1. The topological polar surface area (TPSA) is 93.6 Å². The minimum atomic E-state index is -1.38. The van der Waals surface area contributed by atoms with Gasteiger partial charge >= 0.3 is 0 Å². The molecule has 2 aromatic carbocycles. The first kappa shape index (κ1) is 30.1.